The van der Waals surface area contributed by atoms with Crippen LogP contribution in [0.3, 0.4) is 0 Å². The molecule has 0 amide bonds. The average Bonchev–Trinajstić information content (AvgIpc) is 2.06. The van der Waals surface area contributed by atoms with Crippen LogP contribution < -0.4 is 5.32 Å². The quantitative estimate of drug-likeness (QED) is 0.628. The Balaban J connectivity index is 2.29. The Morgan fingerprint density at radius 1 is 1.58 bits per heavy atom. The van der Waals surface area contributed by atoms with Crippen molar-refractivity contribution in [3.8, 4) is 0 Å². The third-order valence-electron chi connectivity index (χ3n) is 2.28. The Hall–Kier alpha value is -0.570. The lowest BCUT2D eigenvalue weighted by Crippen LogP contribution is -2.40. The summed E-state index contributed by atoms with van der Waals surface area (Å²) in [4.78, 5) is 11.2. The predicted molar refractivity (Wildman–Crippen MR) is 46.8 cm³/mol. The van der Waals surface area contributed by atoms with Gasteiger partial charge in [0.25, 0.3) is 0 Å². The van der Waals surface area contributed by atoms with Crippen LogP contribution >= 0.6 is 0 Å². The minimum atomic E-state index is -0.0445. The van der Waals surface area contributed by atoms with Gasteiger partial charge in [-0.25, -0.2) is 0 Å². The van der Waals surface area contributed by atoms with Crippen LogP contribution in [0.25, 0.3) is 0 Å². The van der Waals surface area contributed by atoms with Crippen LogP contribution in [0.5, 0.6) is 0 Å². The summed E-state index contributed by atoms with van der Waals surface area (Å²) in [5, 5.41) is 3.27. The predicted octanol–water partition coefficient (Wildman–Crippen LogP) is 0.938. The maximum absolute atomic E-state index is 11.2. The SMILES string of the molecule is CCOC(=O)[C@H]1CC[C@H](C)NC1. The van der Waals surface area contributed by atoms with Gasteiger partial charge in [0.1, 0.15) is 0 Å². The van der Waals surface area contributed by atoms with Crippen LogP contribution in [-0.4, -0.2) is 25.2 Å². The lowest BCUT2D eigenvalue weighted by atomic mass is 9.96. The van der Waals surface area contributed by atoms with Gasteiger partial charge < -0.3 is 10.1 Å². The van der Waals surface area contributed by atoms with E-state index in [0.29, 0.717) is 12.6 Å². The fourth-order valence-corrected chi connectivity index (χ4v) is 1.46. The molecule has 3 nitrogen and oxygen atoms in total. The van der Waals surface area contributed by atoms with Gasteiger partial charge in [0, 0.05) is 12.6 Å². The van der Waals surface area contributed by atoms with Crippen LogP contribution in [0.2, 0.25) is 0 Å². The van der Waals surface area contributed by atoms with E-state index in [4.69, 9.17) is 4.74 Å². The Kier molecular flexibility index (Phi) is 3.53. The molecule has 0 radical (unpaired) electrons. The Bertz CT molecular complexity index is 151. The van der Waals surface area contributed by atoms with Crippen molar-refractivity contribution in [1.82, 2.24) is 5.32 Å². The number of hydrogen-bond donors (Lipinski definition) is 1. The summed E-state index contributed by atoms with van der Waals surface area (Å²) in [6, 6.07) is 0.552. The van der Waals surface area contributed by atoms with E-state index in [1.54, 1.807) is 0 Å². The largest absolute Gasteiger partial charge is 0.466 e. The number of esters is 1. The summed E-state index contributed by atoms with van der Waals surface area (Å²) in [6.45, 7) is 5.25. The minimum Gasteiger partial charge on any atom is -0.466 e. The highest BCUT2D eigenvalue weighted by atomic mass is 16.5. The first-order valence-electron chi connectivity index (χ1n) is 4.64. The van der Waals surface area contributed by atoms with Crippen LogP contribution in [0.15, 0.2) is 0 Å². The number of nitrogens with one attached hydrogen (secondary N) is 1. The summed E-state index contributed by atoms with van der Waals surface area (Å²) >= 11 is 0. The van der Waals surface area contributed by atoms with Crippen molar-refractivity contribution in [2.75, 3.05) is 13.2 Å². The lowest BCUT2D eigenvalue weighted by Gasteiger charge is -2.25. The van der Waals surface area contributed by atoms with E-state index in [9.17, 15) is 4.79 Å². The molecule has 70 valence electrons. The van der Waals surface area contributed by atoms with E-state index < -0.39 is 0 Å². The zero-order valence-corrected chi connectivity index (χ0v) is 7.80. The lowest BCUT2D eigenvalue weighted by molar-refractivity contribution is -0.148. The van der Waals surface area contributed by atoms with Crippen molar-refractivity contribution in [2.24, 2.45) is 5.92 Å². The summed E-state index contributed by atoms with van der Waals surface area (Å²) in [6.07, 6.45) is 2.04. The van der Waals surface area contributed by atoms with Crippen molar-refractivity contribution in [3.05, 3.63) is 0 Å². The summed E-state index contributed by atoms with van der Waals surface area (Å²) < 4.78 is 4.94. The molecule has 1 aliphatic rings. The molecule has 0 aromatic rings. The second-order valence-corrected chi connectivity index (χ2v) is 3.34. The van der Waals surface area contributed by atoms with Crippen molar-refractivity contribution < 1.29 is 9.53 Å². The summed E-state index contributed by atoms with van der Waals surface area (Å²) in [7, 11) is 0. The van der Waals surface area contributed by atoms with Gasteiger partial charge in [-0.1, -0.05) is 0 Å². The van der Waals surface area contributed by atoms with Gasteiger partial charge in [-0.3, -0.25) is 4.79 Å². The molecule has 0 spiro atoms. The zero-order chi connectivity index (χ0) is 8.97. The van der Waals surface area contributed by atoms with E-state index in [2.05, 4.69) is 12.2 Å². The molecule has 0 aromatic heterocycles. The number of ether oxygens (including phenoxy) is 1. The highest BCUT2D eigenvalue weighted by Gasteiger charge is 2.24. The molecule has 1 saturated heterocycles. The Morgan fingerprint density at radius 2 is 2.33 bits per heavy atom. The van der Waals surface area contributed by atoms with Crippen LogP contribution in [0.4, 0.5) is 0 Å². The molecule has 0 saturated carbocycles. The molecule has 1 heterocycles. The smallest absolute Gasteiger partial charge is 0.310 e. The molecule has 1 rings (SSSR count). The van der Waals surface area contributed by atoms with Gasteiger partial charge in [-0.15, -0.1) is 0 Å². The number of piperidine rings is 1. The summed E-state index contributed by atoms with van der Waals surface area (Å²) in [5.74, 6) is 0.0399. The third kappa shape index (κ3) is 2.48. The van der Waals surface area contributed by atoms with Crippen LogP contribution in [0, 0.1) is 5.92 Å². The first-order valence-corrected chi connectivity index (χ1v) is 4.64. The molecule has 1 fully saturated rings. The van der Waals surface area contributed by atoms with Crippen molar-refractivity contribution in [1.29, 1.82) is 0 Å². The van der Waals surface area contributed by atoms with Gasteiger partial charge >= 0.3 is 5.97 Å². The van der Waals surface area contributed by atoms with Gasteiger partial charge in [-0.2, -0.15) is 0 Å². The number of carbonyl (C=O) groups excluding carboxylic acids is 1. The number of carbonyl (C=O) groups is 1. The maximum Gasteiger partial charge on any atom is 0.310 e. The Labute approximate surface area is 73.5 Å². The molecule has 0 aromatic carbocycles. The third-order valence-corrected chi connectivity index (χ3v) is 2.28. The van der Waals surface area contributed by atoms with E-state index >= 15 is 0 Å². The van der Waals surface area contributed by atoms with E-state index in [1.807, 2.05) is 6.92 Å². The first-order chi connectivity index (χ1) is 5.74. The van der Waals surface area contributed by atoms with E-state index in [0.717, 1.165) is 19.4 Å². The van der Waals surface area contributed by atoms with Gasteiger partial charge in [0.2, 0.25) is 0 Å². The van der Waals surface area contributed by atoms with Gasteiger partial charge in [-0.05, 0) is 26.7 Å². The van der Waals surface area contributed by atoms with Gasteiger partial charge in [0.15, 0.2) is 0 Å². The standard InChI is InChI=1S/C9H17NO2/c1-3-12-9(11)8-5-4-7(2)10-6-8/h7-8,10H,3-6H2,1-2H3/t7-,8-/m0/s1. The summed E-state index contributed by atoms with van der Waals surface area (Å²) in [5.41, 5.74) is 0. The highest BCUT2D eigenvalue weighted by molar-refractivity contribution is 5.72. The van der Waals surface area contributed by atoms with Crippen molar-refractivity contribution in [3.63, 3.8) is 0 Å². The highest BCUT2D eigenvalue weighted by Crippen LogP contribution is 2.15. The molecular formula is C9H17NO2. The average molecular weight is 171 g/mol. The molecule has 0 aliphatic carbocycles. The first kappa shape index (κ1) is 9.52. The molecular weight excluding hydrogens is 154 g/mol. The monoisotopic (exact) mass is 171 g/mol. The minimum absolute atomic E-state index is 0.0445. The second kappa shape index (κ2) is 4.45. The van der Waals surface area contributed by atoms with Gasteiger partial charge in [0.05, 0.1) is 12.5 Å². The molecule has 3 heteroatoms. The fraction of sp³-hybridized carbons (Fsp3) is 0.889. The molecule has 1 N–H and O–H groups in total. The van der Waals surface area contributed by atoms with Crippen molar-refractivity contribution >= 4 is 5.97 Å². The molecule has 0 unspecified atom stereocenters. The number of hydrogen-bond acceptors (Lipinski definition) is 3. The van der Waals surface area contributed by atoms with E-state index in [1.165, 1.54) is 0 Å². The molecule has 1 aliphatic heterocycles. The normalized spacial score (nSPS) is 29.8. The molecule has 0 bridgehead atoms. The topological polar surface area (TPSA) is 38.3 Å². The zero-order valence-electron chi connectivity index (χ0n) is 7.80. The Morgan fingerprint density at radius 3 is 2.83 bits per heavy atom. The van der Waals surface area contributed by atoms with Crippen LogP contribution in [-0.2, 0) is 9.53 Å². The molecule has 2 atom stereocenters. The maximum atomic E-state index is 11.2. The van der Waals surface area contributed by atoms with E-state index in [-0.39, 0.29) is 11.9 Å². The van der Waals surface area contributed by atoms with Crippen molar-refractivity contribution in [2.45, 2.75) is 32.7 Å². The second-order valence-electron chi connectivity index (χ2n) is 3.34. The fourth-order valence-electron chi connectivity index (χ4n) is 1.46. The number of rotatable bonds is 2. The molecule has 12 heavy (non-hydrogen) atoms. The van der Waals surface area contributed by atoms with Crippen LogP contribution in [0.1, 0.15) is 26.7 Å².